The molecule has 1 radical (unpaired) electrons. The minimum atomic E-state index is 0. The highest BCUT2D eigenvalue weighted by Crippen LogP contribution is 2.24. The first kappa shape index (κ1) is 29.5. The van der Waals surface area contributed by atoms with Crippen LogP contribution in [0.4, 0.5) is 18.8 Å². The zero-order valence-corrected chi connectivity index (χ0v) is 10.7. The fourth-order valence-corrected chi connectivity index (χ4v) is 1.46. The van der Waals surface area contributed by atoms with Gasteiger partial charge in [-0.1, -0.05) is 44.7 Å². The van der Waals surface area contributed by atoms with Crippen molar-refractivity contribution >= 4 is 25.0 Å². The summed E-state index contributed by atoms with van der Waals surface area (Å²) in [6.07, 6.45) is 1.16. The molecule has 0 aliphatic rings. The van der Waals surface area contributed by atoms with Crippen LogP contribution in [0, 0.1) is 0 Å². The van der Waals surface area contributed by atoms with Gasteiger partial charge < -0.3 is 0 Å². The summed E-state index contributed by atoms with van der Waals surface area (Å²) in [5.41, 5.74) is 1.31. The topological polar surface area (TPSA) is 0 Å². The second-order valence-corrected chi connectivity index (χ2v) is 3.29. The lowest BCUT2D eigenvalue weighted by Crippen LogP contribution is -1.91. The van der Waals surface area contributed by atoms with Crippen molar-refractivity contribution in [2.45, 2.75) is 31.1 Å². The van der Waals surface area contributed by atoms with Crippen LogP contribution in [0.3, 0.4) is 0 Å². The molecule has 0 saturated heterocycles. The predicted molar refractivity (Wildman–Crippen MR) is 68.3 cm³/mol. The lowest BCUT2D eigenvalue weighted by atomic mass is 9.99. The molecule has 1 rings (SSSR count). The zero-order chi connectivity index (χ0) is 8.27. The Morgan fingerprint density at radius 1 is 1.06 bits per heavy atom. The summed E-state index contributed by atoms with van der Waals surface area (Å²) in [6, 6.07) is 8.17. The highest BCUT2D eigenvalue weighted by molar-refractivity contribution is 7.80. The number of halogens is 5. The Morgan fingerprint density at radius 3 is 1.88 bits per heavy atom. The Kier molecular flexibility index (Phi) is 26.7. The van der Waals surface area contributed by atoms with Crippen molar-refractivity contribution in [2.75, 3.05) is 0 Å². The van der Waals surface area contributed by atoms with Gasteiger partial charge in [-0.25, -0.2) is 0 Å². The maximum Gasteiger partial charge on any atom is 0.0411 e. The average Bonchev–Trinajstić information content (AvgIpc) is 2.04. The first-order chi connectivity index (χ1) is 5.25. The summed E-state index contributed by atoms with van der Waals surface area (Å²) in [7, 11) is 0. The molecule has 0 aliphatic carbocycles. The normalized spacial score (nSPS) is 8.88. The standard InChI is InChI=1S/C10H13S.ClH.4FH/c1-3-8(2)9-6-4-5-7-10(9)11;;;;;/h4-8H,3H2,1-2H3;5*1H. The Balaban J connectivity index is -0.0000000807. The third-order valence-electron chi connectivity index (χ3n) is 2.06. The minimum absolute atomic E-state index is 0. The molecule has 16 heavy (non-hydrogen) atoms. The molecule has 0 bridgehead atoms. The molecule has 0 aromatic heterocycles. The van der Waals surface area contributed by atoms with Gasteiger partial charge >= 0.3 is 0 Å². The summed E-state index contributed by atoms with van der Waals surface area (Å²) in [6.45, 7) is 4.40. The molecule has 0 spiro atoms. The molecule has 6 heteroatoms. The highest BCUT2D eigenvalue weighted by atomic mass is 35.5. The van der Waals surface area contributed by atoms with E-state index in [2.05, 4.69) is 26.0 Å². The van der Waals surface area contributed by atoms with Gasteiger partial charge in [-0.05, 0) is 24.0 Å². The van der Waals surface area contributed by atoms with Crippen molar-refractivity contribution in [1.82, 2.24) is 0 Å². The minimum Gasteiger partial charge on any atom is -0.269 e. The van der Waals surface area contributed by atoms with E-state index in [1.807, 2.05) is 12.1 Å². The highest BCUT2D eigenvalue weighted by Gasteiger charge is 2.05. The molecule has 0 aliphatic heterocycles. The van der Waals surface area contributed by atoms with Crippen LogP contribution in [0.15, 0.2) is 29.2 Å². The van der Waals surface area contributed by atoms with Crippen LogP contribution >= 0.6 is 25.0 Å². The zero-order valence-electron chi connectivity index (χ0n) is 9.04. The van der Waals surface area contributed by atoms with Crippen LogP contribution in [0.5, 0.6) is 0 Å². The largest absolute Gasteiger partial charge is 0.269 e. The average molecular weight is 282 g/mol. The molecule has 0 heterocycles. The van der Waals surface area contributed by atoms with E-state index < -0.39 is 0 Å². The van der Waals surface area contributed by atoms with Gasteiger partial charge in [-0.15, -0.1) is 12.4 Å². The summed E-state index contributed by atoms with van der Waals surface area (Å²) >= 11 is 5.19. The van der Waals surface area contributed by atoms with E-state index >= 15 is 0 Å². The molecule has 0 nitrogen and oxygen atoms in total. The van der Waals surface area contributed by atoms with Crippen LogP contribution in [0.1, 0.15) is 31.7 Å². The Labute approximate surface area is 105 Å². The molecule has 99 valence electrons. The monoisotopic (exact) mass is 281 g/mol. The van der Waals surface area contributed by atoms with Gasteiger partial charge in [0.05, 0.1) is 0 Å². The van der Waals surface area contributed by atoms with E-state index in [1.165, 1.54) is 5.56 Å². The fourth-order valence-electron chi connectivity index (χ4n) is 1.11. The number of rotatable bonds is 2. The maximum atomic E-state index is 5.19. The first-order valence-electron chi connectivity index (χ1n) is 4.01. The van der Waals surface area contributed by atoms with Gasteiger partial charge in [0.25, 0.3) is 0 Å². The van der Waals surface area contributed by atoms with E-state index in [-0.39, 0.29) is 31.2 Å². The summed E-state index contributed by atoms with van der Waals surface area (Å²) in [5, 5.41) is 0. The molecule has 0 saturated carbocycles. The molecular weight excluding hydrogens is 264 g/mol. The van der Waals surface area contributed by atoms with E-state index in [1.54, 1.807) is 0 Å². The Bertz CT molecular complexity index is 248. The number of hydrogen-bond donors (Lipinski definition) is 0. The molecule has 0 amide bonds. The van der Waals surface area contributed by atoms with Gasteiger partial charge in [0.2, 0.25) is 0 Å². The SMILES string of the molecule is CCC(C)c1ccccc1[S].Cl.F.F.F.F. The van der Waals surface area contributed by atoms with E-state index in [9.17, 15) is 0 Å². The van der Waals surface area contributed by atoms with Gasteiger partial charge in [0.1, 0.15) is 0 Å². The van der Waals surface area contributed by atoms with Crippen LogP contribution in [0.2, 0.25) is 0 Å². The van der Waals surface area contributed by atoms with Crippen molar-refractivity contribution in [1.29, 1.82) is 0 Å². The van der Waals surface area contributed by atoms with Crippen molar-refractivity contribution in [2.24, 2.45) is 0 Å². The van der Waals surface area contributed by atoms with Gasteiger partial charge in [-0.3, -0.25) is 18.8 Å². The van der Waals surface area contributed by atoms with Crippen molar-refractivity contribution in [3.05, 3.63) is 29.8 Å². The van der Waals surface area contributed by atoms with Crippen molar-refractivity contribution in [3.63, 3.8) is 0 Å². The summed E-state index contributed by atoms with van der Waals surface area (Å²) in [5.74, 6) is 0.601. The van der Waals surface area contributed by atoms with E-state index in [4.69, 9.17) is 12.6 Å². The van der Waals surface area contributed by atoms with Gasteiger partial charge in [0, 0.05) is 4.90 Å². The molecule has 1 atom stereocenters. The fraction of sp³-hybridized carbons (Fsp3) is 0.400. The van der Waals surface area contributed by atoms with Crippen LogP contribution in [0.25, 0.3) is 0 Å². The smallest absolute Gasteiger partial charge is 0.0411 e. The summed E-state index contributed by atoms with van der Waals surface area (Å²) < 4.78 is 0. The van der Waals surface area contributed by atoms with Gasteiger partial charge in [0.15, 0.2) is 0 Å². The van der Waals surface area contributed by atoms with Crippen molar-refractivity contribution in [3.8, 4) is 0 Å². The number of benzene rings is 1. The Hall–Kier alpha value is -0.550. The third kappa shape index (κ3) is 7.70. The lowest BCUT2D eigenvalue weighted by Gasteiger charge is -2.09. The molecule has 0 fully saturated rings. The maximum absolute atomic E-state index is 5.19. The first-order valence-corrected chi connectivity index (χ1v) is 4.42. The number of hydrogen-bond acceptors (Lipinski definition) is 0. The molecule has 1 aromatic carbocycles. The van der Waals surface area contributed by atoms with Crippen LogP contribution in [-0.2, 0) is 0 Å². The molecule has 0 N–H and O–H groups in total. The van der Waals surface area contributed by atoms with Crippen molar-refractivity contribution < 1.29 is 18.8 Å². The lowest BCUT2D eigenvalue weighted by molar-refractivity contribution is 0.720. The quantitative estimate of drug-likeness (QED) is 0.684. The summed E-state index contributed by atoms with van der Waals surface area (Å²) in [4.78, 5) is 1.00. The predicted octanol–water partition coefficient (Wildman–Crippen LogP) is 4.79. The van der Waals surface area contributed by atoms with Crippen LogP contribution < -0.4 is 0 Å². The molecule has 1 unspecified atom stereocenters. The molecule has 1 aromatic rings. The molecular formula is C10H18ClF4S. The third-order valence-corrected chi connectivity index (χ3v) is 2.43. The van der Waals surface area contributed by atoms with Gasteiger partial charge in [-0.2, -0.15) is 0 Å². The van der Waals surface area contributed by atoms with E-state index in [0.29, 0.717) is 5.92 Å². The Morgan fingerprint density at radius 2 is 1.50 bits per heavy atom. The van der Waals surface area contributed by atoms with E-state index in [0.717, 1.165) is 11.3 Å². The van der Waals surface area contributed by atoms with Crippen LogP contribution in [-0.4, -0.2) is 0 Å². The second kappa shape index (κ2) is 14.5. The second-order valence-electron chi connectivity index (χ2n) is 2.85.